The lowest BCUT2D eigenvalue weighted by atomic mass is 10.1. The predicted octanol–water partition coefficient (Wildman–Crippen LogP) is 2.96. The Kier molecular flexibility index (Phi) is 6.40. The van der Waals surface area contributed by atoms with Crippen molar-refractivity contribution in [2.45, 2.75) is 31.6 Å². The van der Waals surface area contributed by atoms with Crippen LogP contribution < -0.4 is 10.1 Å². The average molecular weight is 308 g/mol. The number of ether oxygens (including phenoxy) is 1. The van der Waals surface area contributed by atoms with Crippen LogP contribution in [-0.4, -0.2) is 49.7 Å². The van der Waals surface area contributed by atoms with Crippen LogP contribution in [0.1, 0.15) is 31.0 Å². The van der Waals surface area contributed by atoms with Gasteiger partial charge in [0.15, 0.2) is 0 Å². The van der Waals surface area contributed by atoms with Gasteiger partial charge in [-0.05, 0) is 49.8 Å². The molecule has 1 N–H and O–H groups in total. The predicted molar refractivity (Wildman–Crippen MR) is 92.5 cm³/mol. The fraction of sp³-hybridized carbons (Fsp3) is 0.647. The quantitative estimate of drug-likeness (QED) is 0.798. The summed E-state index contributed by atoms with van der Waals surface area (Å²) in [7, 11) is 3.80. The minimum Gasteiger partial charge on any atom is -0.497 e. The summed E-state index contributed by atoms with van der Waals surface area (Å²) in [4.78, 5) is 2.49. The maximum Gasteiger partial charge on any atom is 0.119 e. The fourth-order valence-corrected chi connectivity index (χ4v) is 4.52. The Balaban J connectivity index is 1.96. The number of nitrogens with one attached hydrogen (secondary N) is 1. The standard InChI is InChI=1S/C17H28N2OS/c1-5-19(6-2)9-10-21-16-11-13-7-8-14(20-4)12-15(13)17(16)18-3/h7-8,12,16-18H,5-6,9-11H2,1-4H3. The van der Waals surface area contributed by atoms with Gasteiger partial charge in [0.1, 0.15) is 5.75 Å². The van der Waals surface area contributed by atoms with E-state index >= 15 is 0 Å². The lowest BCUT2D eigenvalue weighted by Gasteiger charge is -2.22. The highest BCUT2D eigenvalue weighted by Crippen LogP contribution is 2.39. The topological polar surface area (TPSA) is 24.5 Å². The molecule has 2 atom stereocenters. The van der Waals surface area contributed by atoms with Crippen LogP contribution in [0.4, 0.5) is 0 Å². The van der Waals surface area contributed by atoms with Crippen molar-refractivity contribution in [2.24, 2.45) is 0 Å². The Morgan fingerprint density at radius 3 is 2.71 bits per heavy atom. The molecule has 0 radical (unpaired) electrons. The molecule has 0 bridgehead atoms. The lowest BCUT2D eigenvalue weighted by Crippen LogP contribution is -2.28. The summed E-state index contributed by atoms with van der Waals surface area (Å²) in [6.45, 7) is 7.96. The Morgan fingerprint density at radius 1 is 1.33 bits per heavy atom. The first-order chi connectivity index (χ1) is 10.2. The van der Waals surface area contributed by atoms with Crippen molar-refractivity contribution in [1.82, 2.24) is 10.2 Å². The smallest absolute Gasteiger partial charge is 0.119 e. The van der Waals surface area contributed by atoms with E-state index in [2.05, 4.69) is 61.1 Å². The molecule has 0 amide bonds. The fourth-order valence-electron chi connectivity index (χ4n) is 3.08. The first-order valence-electron chi connectivity index (χ1n) is 7.91. The molecule has 0 aromatic heterocycles. The number of hydrogen-bond acceptors (Lipinski definition) is 4. The summed E-state index contributed by atoms with van der Waals surface area (Å²) in [6, 6.07) is 6.94. The number of fused-ring (bicyclic) bond motifs is 1. The third kappa shape index (κ3) is 3.93. The van der Waals surface area contributed by atoms with Gasteiger partial charge >= 0.3 is 0 Å². The van der Waals surface area contributed by atoms with Crippen LogP contribution in [-0.2, 0) is 6.42 Å². The summed E-state index contributed by atoms with van der Waals surface area (Å²) in [6.07, 6.45) is 1.16. The zero-order valence-corrected chi connectivity index (χ0v) is 14.5. The molecule has 0 fully saturated rings. The van der Waals surface area contributed by atoms with Crippen molar-refractivity contribution in [1.29, 1.82) is 0 Å². The van der Waals surface area contributed by atoms with E-state index in [9.17, 15) is 0 Å². The summed E-state index contributed by atoms with van der Waals surface area (Å²) in [5.41, 5.74) is 2.88. The molecule has 1 aliphatic rings. The summed E-state index contributed by atoms with van der Waals surface area (Å²) < 4.78 is 5.37. The van der Waals surface area contributed by atoms with Gasteiger partial charge in [-0.15, -0.1) is 0 Å². The first kappa shape index (κ1) is 16.7. The second-order valence-electron chi connectivity index (χ2n) is 5.47. The van der Waals surface area contributed by atoms with Crippen molar-refractivity contribution >= 4 is 11.8 Å². The number of methoxy groups -OCH3 is 1. The summed E-state index contributed by atoms with van der Waals surface area (Å²) in [5.74, 6) is 2.16. The van der Waals surface area contributed by atoms with E-state index in [1.54, 1.807) is 7.11 Å². The SMILES string of the molecule is CCN(CC)CCSC1Cc2ccc(OC)cc2C1NC. The molecule has 1 aliphatic carbocycles. The first-order valence-corrected chi connectivity index (χ1v) is 8.96. The van der Waals surface area contributed by atoms with Gasteiger partial charge in [-0.25, -0.2) is 0 Å². The van der Waals surface area contributed by atoms with Crippen molar-refractivity contribution in [2.75, 3.05) is 39.5 Å². The molecule has 2 unspecified atom stereocenters. The number of benzene rings is 1. The summed E-state index contributed by atoms with van der Waals surface area (Å²) in [5, 5.41) is 4.13. The van der Waals surface area contributed by atoms with Crippen LogP contribution in [0.3, 0.4) is 0 Å². The van der Waals surface area contributed by atoms with Gasteiger partial charge in [0.25, 0.3) is 0 Å². The van der Waals surface area contributed by atoms with Crippen LogP contribution in [0.15, 0.2) is 18.2 Å². The highest BCUT2D eigenvalue weighted by Gasteiger charge is 2.31. The van der Waals surface area contributed by atoms with E-state index in [0.717, 1.165) is 25.3 Å². The van der Waals surface area contributed by atoms with E-state index in [1.165, 1.54) is 23.4 Å². The molecule has 0 saturated carbocycles. The largest absolute Gasteiger partial charge is 0.497 e. The molecular weight excluding hydrogens is 280 g/mol. The minimum absolute atomic E-state index is 0.441. The maximum absolute atomic E-state index is 5.37. The second kappa shape index (κ2) is 8.06. The maximum atomic E-state index is 5.37. The number of nitrogens with zero attached hydrogens (tertiary/aromatic N) is 1. The third-order valence-electron chi connectivity index (χ3n) is 4.43. The van der Waals surface area contributed by atoms with Crippen molar-refractivity contribution in [3.05, 3.63) is 29.3 Å². The zero-order valence-electron chi connectivity index (χ0n) is 13.7. The van der Waals surface area contributed by atoms with E-state index in [0.29, 0.717) is 11.3 Å². The average Bonchev–Trinajstić information content (AvgIpc) is 2.87. The van der Waals surface area contributed by atoms with Gasteiger partial charge in [0, 0.05) is 23.6 Å². The normalized spacial score (nSPS) is 20.8. The third-order valence-corrected chi connectivity index (χ3v) is 5.71. The van der Waals surface area contributed by atoms with E-state index in [-0.39, 0.29) is 0 Å². The number of thioether (sulfide) groups is 1. The van der Waals surface area contributed by atoms with E-state index < -0.39 is 0 Å². The second-order valence-corrected chi connectivity index (χ2v) is 6.82. The molecule has 3 nitrogen and oxygen atoms in total. The molecule has 1 aromatic rings. The molecule has 0 saturated heterocycles. The van der Waals surface area contributed by atoms with Crippen molar-refractivity contribution < 1.29 is 4.74 Å². The van der Waals surface area contributed by atoms with Crippen molar-refractivity contribution in [3.63, 3.8) is 0 Å². The van der Waals surface area contributed by atoms with Crippen molar-refractivity contribution in [3.8, 4) is 5.75 Å². The molecular formula is C17H28N2OS. The van der Waals surface area contributed by atoms with Gasteiger partial charge in [0.2, 0.25) is 0 Å². The zero-order chi connectivity index (χ0) is 15.2. The van der Waals surface area contributed by atoms with Crippen LogP contribution in [0.2, 0.25) is 0 Å². The van der Waals surface area contributed by atoms with Crippen LogP contribution >= 0.6 is 11.8 Å². The summed E-state index contributed by atoms with van der Waals surface area (Å²) >= 11 is 2.10. The lowest BCUT2D eigenvalue weighted by molar-refractivity contribution is 0.323. The molecule has 0 spiro atoms. The van der Waals surface area contributed by atoms with Gasteiger partial charge in [-0.2, -0.15) is 11.8 Å². The van der Waals surface area contributed by atoms with Gasteiger partial charge in [0.05, 0.1) is 7.11 Å². The molecule has 2 rings (SSSR count). The van der Waals surface area contributed by atoms with Gasteiger partial charge in [-0.3, -0.25) is 0 Å². The van der Waals surface area contributed by atoms with Crippen LogP contribution in [0.5, 0.6) is 5.75 Å². The van der Waals surface area contributed by atoms with Gasteiger partial charge < -0.3 is 15.0 Å². The molecule has 0 aliphatic heterocycles. The van der Waals surface area contributed by atoms with E-state index in [4.69, 9.17) is 4.74 Å². The van der Waals surface area contributed by atoms with Gasteiger partial charge in [-0.1, -0.05) is 19.9 Å². The minimum atomic E-state index is 0.441. The molecule has 0 heterocycles. The molecule has 118 valence electrons. The molecule has 21 heavy (non-hydrogen) atoms. The number of rotatable bonds is 8. The highest BCUT2D eigenvalue weighted by molar-refractivity contribution is 8.00. The Labute approximate surface area is 133 Å². The monoisotopic (exact) mass is 308 g/mol. The molecule has 4 heteroatoms. The Morgan fingerprint density at radius 2 is 2.10 bits per heavy atom. The number of hydrogen-bond donors (Lipinski definition) is 1. The highest BCUT2D eigenvalue weighted by atomic mass is 32.2. The Hall–Kier alpha value is -0.710. The van der Waals surface area contributed by atoms with E-state index in [1.807, 2.05) is 0 Å². The molecule has 1 aromatic carbocycles. The van der Waals surface area contributed by atoms with Crippen LogP contribution in [0, 0.1) is 0 Å². The van der Waals surface area contributed by atoms with Crippen LogP contribution in [0.25, 0.3) is 0 Å². The Bertz CT molecular complexity index is 448.